The summed E-state index contributed by atoms with van der Waals surface area (Å²) in [6.45, 7) is 4.27. The molecule has 1 aliphatic heterocycles. The number of rotatable bonds is 7. The van der Waals surface area contributed by atoms with Crippen molar-refractivity contribution in [1.82, 2.24) is 10.2 Å². The summed E-state index contributed by atoms with van der Waals surface area (Å²) >= 11 is 6.25. The summed E-state index contributed by atoms with van der Waals surface area (Å²) in [5, 5.41) is 3.56. The van der Waals surface area contributed by atoms with E-state index in [0.29, 0.717) is 22.9 Å². The fourth-order valence-corrected chi connectivity index (χ4v) is 4.67. The molecule has 0 saturated carbocycles. The molecule has 5 nitrogen and oxygen atoms in total. The van der Waals surface area contributed by atoms with Crippen LogP contribution in [0.3, 0.4) is 0 Å². The minimum absolute atomic E-state index is 0.0143. The van der Waals surface area contributed by atoms with E-state index in [0.717, 1.165) is 30.8 Å². The van der Waals surface area contributed by atoms with Gasteiger partial charge in [-0.1, -0.05) is 48.0 Å². The first-order valence-corrected chi connectivity index (χ1v) is 11.5. The van der Waals surface area contributed by atoms with Crippen LogP contribution in [0.1, 0.15) is 38.7 Å². The molecule has 1 amide bonds. The third kappa shape index (κ3) is 5.00. The minimum Gasteiger partial charge on any atom is -0.493 e. The fraction of sp³-hybridized carbons (Fsp3) is 0.296. The van der Waals surface area contributed by atoms with Gasteiger partial charge in [-0.25, -0.2) is 0 Å². The van der Waals surface area contributed by atoms with Crippen LogP contribution in [0.2, 0.25) is 5.02 Å². The van der Waals surface area contributed by atoms with Crippen molar-refractivity contribution in [1.29, 1.82) is 0 Å². The van der Waals surface area contributed by atoms with E-state index in [1.807, 2.05) is 18.2 Å². The molecule has 0 fully saturated rings. The van der Waals surface area contributed by atoms with Crippen LogP contribution in [0.4, 0.5) is 0 Å². The van der Waals surface area contributed by atoms with Crippen molar-refractivity contribution in [2.24, 2.45) is 0 Å². The van der Waals surface area contributed by atoms with Crippen LogP contribution in [0.15, 0.2) is 60.7 Å². The number of nitrogens with one attached hydrogen (secondary N) is 1. The number of hydrogen-bond acceptors (Lipinski definition) is 4. The number of amides is 1. The minimum atomic E-state index is -0.177. The SMILES string of the molecule is COc1cc2c(cc1OC)[C@@H](CNC(=O)c1ccccc1Cl)N(Cc1ccccc1C)CC2. The number of benzene rings is 3. The number of carbonyl (C=O) groups excluding carboxylic acids is 1. The molecule has 0 saturated heterocycles. The van der Waals surface area contributed by atoms with Crippen LogP contribution < -0.4 is 14.8 Å². The van der Waals surface area contributed by atoms with Gasteiger partial charge in [0.1, 0.15) is 0 Å². The molecular weight excluding hydrogens is 436 g/mol. The summed E-state index contributed by atoms with van der Waals surface area (Å²) in [6.07, 6.45) is 0.899. The normalized spacial score (nSPS) is 15.6. The molecule has 1 N–H and O–H groups in total. The highest BCUT2D eigenvalue weighted by Crippen LogP contribution is 2.38. The van der Waals surface area contributed by atoms with Crippen LogP contribution in [-0.2, 0) is 13.0 Å². The number of nitrogens with zero attached hydrogens (tertiary/aromatic N) is 1. The van der Waals surface area contributed by atoms with E-state index in [9.17, 15) is 4.79 Å². The second-order valence-corrected chi connectivity index (χ2v) is 8.67. The molecule has 33 heavy (non-hydrogen) atoms. The van der Waals surface area contributed by atoms with Crippen molar-refractivity contribution in [2.75, 3.05) is 27.3 Å². The Kier molecular flexibility index (Phi) is 7.21. The number of hydrogen-bond donors (Lipinski definition) is 1. The van der Waals surface area contributed by atoms with Crippen molar-refractivity contribution in [2.45, 2.75) is 25.9 Å². The van der Waals surface area contributed by atoms with Crippen LogP contribution in [0.25, 0.3) is 0 Å². The highest BCUT2D eigenvalue weighted by Gasteiger charge is 2.30. The molecule has 0 aliphatic carbocycles. The second kappa shape index (κ2) is 10.3. The van der Waals surface area contributed by atoms with Gasteiger partial charge in [-0.05, 0) is 59.9 Å². The maximum atomic E-state index is 12.9. The van der Waals surface area contributed by atoms with Crippen molar-refractivity contribution in [3.05, 3.63) is 93.5 Å². The van der Waals surface area contributed by atoms with Gasteiger partial charge in [0, 0.05) is 19.6 Å². The fourth-order valence-electron chi connectivity index (χ4n) is 4.44. The summed E-state index contributed by atoms with van der Waals surface area (Å²) in [7, 11) is 3.30. The topological polar surface area (TPSA) is 50.8 Å². The van der Waals surface area contributed by atoms with Crippen LogP contribution >= 0.6 is 11.6 Å². The Morgan fingerprint density at radius 2 is 1.76 bits per heavy atom. The molecule has 0 spiro atoms. The lowest BCUT2D eigenvalue weighted by atomic mass is 9.91. The largest absolute Gasteiger partial charge is 0.493 e. The Hall–Kier alpha value is -3.02. The third-order valence-corrected chi connectivity index (χ3v) is 6.65. The molecular formula is C27H29ClN2O3. The van der Waals surface area contributed by atoms with Crippen LogP contribution in [-0.4, -0.2) is 38.1 Å². The van der Waals surface area contributed by atoms with Crippen molar-refractivity contribution < 1.29 is 14.3 Å². The Morgan fingerprint density at radius 1 is 1.06 bits per heavy atom. The maximum Gasteiger partial charge on any atom is 0.252 e. The monoisotopic (exact) mass is 464 g/mol. The zero-order valence-electron chi connectivity index (χ0n) is 19.2. The van der Waals surface area contributed by atoms with Crippen molar-refractivity contribution in [3.8, 4) is 11.5 Å². The average Bonchev–Trinajstić information content (AvgIpc) is 2.83. The smallest absolute Gasteiger partial charge is 0.252 e. The summed E-state index contributed by atoms with van der Waals surface area (Å²) in [5.41, 5.74) is 5.38. The zero-order chi connectivity index (χ0) is 23.4. The molecule has 0 unspecified atom stereocenters. The number of fused-ring (bicyclic) bond motifs is 1. The van der Waals surface area contributed by atoms with E-state index >= 15 is 0 Å². The van der Waals surface area contributed by atoms with Gasteiger partial charge in [0.05, 0.1) is 30.8 Å². The Balaban J connectivity index is 1.65. The van der Waals surface area contributed by atoms with E-state index < -0.39 is 0 Å². The first-order chi connectivity index (χ1) is 16.0. The quantitative estimate of drug-likeness (QED) is 0.522. The number of ether oxygens (including phenoxy) is 2. The molecule has 6 heteroatoms. The van der Waals surface area contributed by atoms with Gasteiger partial charge in [-0.15, -0.1) is 0 Å². The predicted molar refractivity (Wildman–Crippen MR) is 131 cm³/mol. The maximum absolute atomic E-state index is 12.9. The van der Waals surface area contributed by atoms with Gasteiger partial charge in [-0.3, -0.25) is 9.69 Å². The highest BCUT2D eigenvalue weighted by atomic mass is 35.5. The van der Waals surface area contributed by atoms with E-state index in [1.54, 1.807) is 26.4 Å². The Bertz CT molecular complexity index is 1150. The van der Waals surface area contributed by atoms with Gasteiger partial charge < -0.3 is 14.8 Å². The summed E-state index contributed by atoms with van der Waals surface area (Å²) < 4.78 is 11.1. The van der Waals surface area contributed by atoms with E-state index in [2.05, 4.69) is 47.5 Å². The van der Waals surface area contributed by atoms with E-state index in [1.165, 1.54) is 16.7 Å². The molecule has 3 aromatic rings. The molecule has 1 atom stereocenters. The van der Waals surface area contributed by atoms with E-state index in [-0.39, 0.29) is 11.9 Å². The Morgan fingerprint density at radius 3 is 2.48 bits per heavy atom. The number of carbonyl (C=O) groups is 1. The summed E-state index contributed by atoms with van der Waals surface area (Å²) in [6, 6.07) is 19.6. The summed E-state index contributed by atoms with van der Waals surface area (Å²) in [4.78, 5) is 15.3. The Labute approximate surface area is 200 Å². The van der Waals surface area contributed by atoms with Crippen LogP contribution in [0.5, 0.6) is 11.5 Å². The predicted octanol–water partition coefficient (Wildman–Crippen LogP) is 5.20. The lowest BCUT2D eigenvalue weighted by molar-refractivity contribution is 0.0926. The first kappa shape index (κ1) is 23.1. The molecule has 1 heterocycles. The molecule has 0 bridgehead atoms. The number of aryl methyl sites for hydroxylation is 1. The summed E-state index contributed by atoms with van der Waals surface area (Å²) in [5.74, 6) is 1.24. The van der Waals surface area contributed by atoms with Gasteiger partial charge in [0.25, 0.3) is 5.91 Å². The molecule has 0 aromatic heterocycles. The average molecular weight is 465 g/mol. The van der Waals surface area contributed by atoms with Gasteiger partial charge in [0.15, 0.2) is 11.5 Å². The molecule has 4 rings (SSSR count). The molecule has 1 aliphatic rings. The van der Waals surface area contributed by atoms with Crippen molar-refractivity contribution >= 4 is 17.5 Å². The van der Waals surface area contributed by atoms with Crippen LogP contribution in [0, 0.1) is 6.92 Å². The van der Waals surface area contributed by atoms with Gasteiger partial charge in [-0.2, -0.15) is 0 Å². The number of methoxy groups -OCH3 is 2. The lowest BCUT2D eigenvalue weighted by Crippen LogP contribution is -2.42. The molecule has 3 aromatic carbocycles. The first-order valence-electron chi connectivity index (χ1n) is 11.1. The standard InChI is InChI=1S/C27H29ClN2O3/c1-18-8-4-5-9-20(18)17-30-13-12-19-14-25(32-2)26(33-3)15-22(19)24(30)16-29-27(31)21-10-6-7-11-23(21)28/h4-11,14-15,24H,12-13,16-17H2,1-3H3,(H,29,31)/t24-/m1/s1. The third-order valence-electron chi connectivity index (χ3n) is 6.32. The van der Waals surface area contributed by atoms with E-state index in [4.69, 9.17) is 21.1 Å². The van der Waals surface area contributed by atoms with Gasteiger partial charge >= 0.3 is 0 Å². The highest BCUT2D eigenvalue weighted by molar-refractivity contribution is 6.33. The zero-order valence-corrected chi connectivity index (χ0v) is 20.0. The lowest BCUT2D eigenvalue weighted by Gasteiger charge is -2.38. The molecule has 0 radical (unpaired) electrons. The molecule has 172 valence electrons. The second-order valence-electron chi connectivity index (χ2n) is 8.26. The van der Waals surface area contributed by atoms with Gasteiger partial charge in [0.2, 0.25) is 0 Å². The van der Waals surface area contributed by atoms with Crippen molar-refractivity contribution in [3.63, 3.8) is 0 Å². The number of halogens is 1.